The topological polar surface area (TPSA) is 163 Å². The zero-order chi connectivity index (χ0) is 46.6. The first-order valence-electron chi connectivity index (χ1n) is 21.7. The summed E-state index contributed by atoms with van der Waals surface area (Å²) < 4.78 is 38.9. The first-order valence-corrected chi connectivity index (χ1v) is 21.7. The van der Waals surface area contributed by atoms with Crippen molar-refractivity contribution >= 4 is 26.5 Å². The third kappa shape index (κ3) is 9.23. The average molecular weight is 934 g/mol. The third-order valence-electron chi connectivity index (χ3n) is 12.9. The zero-order valence-electron chi connectivity index (χ0n) is 40.3. The molecule has 4 aromatic carbocycles. The Hall–Kier alpha value is -6.17. The van der Waals surface area contributed by atoms with Crippen molar-refractivity contribution in [2.45, 2.75) is 43.5 Å². The van der Waals surface area contributed by atoms with Gasteiger partial charge in [0, 0.05) is 97.5 Å². The number of aromatic nitrogens is 2. The molecule has 349 valence electrons. The number of rotatable bonds is 8. The van der Waals surface area contributed by atoms with Crippen molar-refractivity contribution in [3.63, 3.8) is 0 Å². The molecule has 6 aromatic rings. The number of benzene rings is 4. The van der Waals surface area contributed by atoms with Gasteiger partial charge < -0.3 is 59.0 Å². The Kier molecular flexibility index (Phi) is 16.5. The van der Waals surface area contributed by atoms with Gasteiger partial charge in [-0.25, -0.2) is 0 Å². The van der Waals surface area contributed by atoms with Gasteiger partial charge in [-0.1, -0.05) is 24.3 Å². The van der Waals surface area contributed by atoms with Crippen molar-refractivity contribution < 1.29 is 84.0 Å². The molecule has 2 amide bonds. The Balaban J connectivity index is 0.000000239. The summed E-state index contributed by atoms with van der Waals surface area (Å²) in [6, 6.07) is 30.7. The van der Waals surface area contributed by atoms with Crippen LogP contribution in [0.15, 0.2) is 109 Å². The molecule has 2 aromatic heterocycles. The van der Waals surface area contributed by atoms with Crippen LogP contribution >= 0.6 is 0 Å². The van der Waals surface area contributed by atoms with Crippen molar-refractivity contribution in [2.24, 2.45) is 0 Å². The fraction of sp³-hybridized carbons (Fsp3) is 0.314. The Morgan fingerprint density at radius 3 is 1.44 bits per heavy atom. The van der Waals surface area contributed by atoms with Crippen molar-refractivity contribution in [3.8, 4) is 45.9 Å². The van der Waals surface area contributed by atoms with Crippen LogP contribution in [0.3, 0.4) is 0 Å². The van der Waals surface area contributed by atoms with Gasteiger partial charge in [-0.05, 0) is 60.7 Å². The molecule has 4 aliphatic rings. The number of fused-ring (bicyclic) bond motifs is 8. The van der Waals surface area contributed by atoms with Crippen LogP contribution in [0.2, 0.25) is 0 Å². The summed E-state index contributed by atoms with van der Waals surface area (Å²) in [5.74, 6) is 3.10. The minimum atomic E-state index is -0.480. The largest absolute Gasteiger partial charge is 1.00 e. The maximum Gasteiger partial charge on any atom is 1.00 e. The number of aliphatic hydroxyl groups excluding tert-OH is 2. The van der Waals surface area contributed by atoms with E-state index in [1.807, 2.05) is 59.5 Å². The van der Waals surface area contributed by atoms with Gasteiger partial charge in [0.05, 0.1) is 74.5 Å². The second kappa shape index (κ2) is 21.9. The predicted molar refractivity (Wildman–Crippen MR) is 252 cm³/mol. The molecule has 0 bridgehead atoms. The molecular formula is C51H55BN4NaO11. The summed E-state index contributed by atoms with van der Waals surface area (Å²) in [6.45, 7) is 1.93. The molecular weight excluding hydrogens is 878 g/mol. The number of carbonyl (C=O) groups excluding carboxylic acids is 3. The smallest absolute Gasteiger partial charge is 1.00 e. The van der Waals surface area contributed by atoms with Crippen molar-refractivity contribution in [2.75, 3.05) is 61.7 Å². The monoisotopic (exact) mass is 933 g/mol. The molecule has 4 aliphatic heterocycles. The van der Waals surface area contributed by atoms with Crippen LogP contribution < -0.4 is 58.0 Å². The van der Waals surface area contributed by atoms with Crippen LogP contribution in [0.5, 0.6) is 34.5 Å². The molecule has 68 heavy (non-hydrogen) atoms. The van der Waals surface area contributed by atoms with E-state index in [0.717, 1.165) is 41.4 Å². The van der Waals surface area contributed by atoms with Gasteiger partial charge in [0.15, 0.2) is 17.5 Å². The Morgan fingerprint density at radius 1 is 0.618 bits per heavy atom. The maximum atomic E-state index is 13.4. The number of likely N-dealkylation sites (tertiary alicyclic amines) is 2. The fourth-order valence-electron chi connectivity index (χ4n) is 9.57. The van der Waals surface area contributed by atoms with Gasteiger partial charge in [0.25, 0.3) is 11.8 Å². The van der Waals surface area contributed by atoms with E-state index in [-0.39, 0.29) is 57.8 Å². The molecule has 0 saturated carbocycles. The van der Waals surface area contributed by atoms with Crippen LogP contribution in [-0.4, -0.2) is 117 Å². The summed E-state index contributed by atoms with van der Waals surface area (Å²) in [6.07, 6.45) is 7.49. The van der Waals surface area contributed by atoms with Gasteiger partial charge >= 0.3 is 29.6 Å². The van der Waals surface area contributed by atoms with Crippen molar-refractivity contribution in [1.29, 1.82) is 0 Å². The number of aldehydes is 1. The van der Waals surface area contributed by atoms with E-state index in [1.165, 1.54) is 34.5 Å². The molecule has 0 atom stereocenters. The second-order valence-corrected chi connectivity index (χ2v) is 16.2. The van der Waals surface area contributed by atoms with Crippen molar-refractivity contribution in [1.82, 2.24) is 18.9 Å². The molecule has 2 saturated heterocycles. The van der Waals surface area contributed by atoms with E-state index in [1.54, 1.807) is 23.1 Å². The molecule has 2 N–H and O–H groups in total. The summed E-state index contributed by atoms with van der Waals surface area (Å²) in [4.78, 5) is 41.8. The van der Waals surface area contributed by atoms with E-state index < -0.39 is 11.2 Å². The number of hydrogen-bond acceptors (Lipinski definition) is 11. The number of aliphatic hydroxyl groups is 2. The fourth-order valence-corrected chi connectivity index (χ4v) is 9.57. The summed E-state index contributed by atoms with van der Waals surface area (Å²) in [7, 11) is 7.03. The number of methoxy groups -OCH3 is 4. The van der Waals surface area contributed by atoms with Gasteiger partial charge in [-0.2, -0.15) is 0 Å². The number of ether oxygens (including phenoxy) is 6. The number of para-hydroxylation sites is 4. The van der Waals surface area contributed by atoms with E-state index >= 15 is 0 Å². The van der Waals surface area contributed by atoms with Crippen LogP contribution in [0.1, 0.15) is 75.1 Å². The number of piperidine rings is 2. The SMILES string of the molecule is CO.COc1cc(OC)c(C(=O)N2CCC3(CC2)Oc2ccccc2-n2cccc23)cc1C=O.COc1cc(OC)c(C(=O)N2CCC3(CC2)Oc2ccccc2-n2cccc23)cc1CO.[B].[H-].[Na+]. The Morgan fingerprint density at radius 2 is 1.03 bits per heavy atom. The van der Waals surface area contributed by atoms with Crippen LogP contribution in [-0.2, 0) is 17.8 Å². The first kappa shape index (κ1) is 51.2. The summed E-state index contributed by atoms with van der Waals surface area (Å²) in [5.41, 5.74) is 4.99. The van der Waals surface area contributed by atoms with E-state index in [0.29, 0.717) is 103 Å². The minimum Gasteiger partial charge on any atom is -1.00 e. The quantitative estimate of drug-likeness (QED) is 0.169. The first-order chi connectivity index (χ1) is 32.2. The molecule has 0 aliphatic carbocycles. The van der Waals surface area contributed by atoms with E-state index in [4.69, 9.17) is 33.5 Å². The molecule has 15 nitrogen and oxygen atoms in total. The predicted octanol–water partition coefficient (Wildman–Crippen LogP) is 3.69. The van der Waals surface area contributed by atoms with Gasteiger partial charge in [0.2, 0.25) is 0 Å². The zero-order valence-corrected chi connectivity index (χ0v) is 41.3. The second-order valence-electron chi connectivity index (χ2n) is 16.2. The number of carbonyl (C=O) groups is 3. The minimum absolute atomic E-state index is 0. The number of hydrogen-bond donors (Lipinski definition) is 2. The van der Waals surface area contributed by atoms with Crippen molar-refractivity contribution in [3.05, 3.63) is 143 Å². The third-order valence-corrected chi connectivity index (χ3v) is 12.9. The normalized spacial score (nSPS) is 15.2. The molecule has 2 fully saturated rings. The van der Waals surface area contributed by atoms with E-state index in [9.17, 15) is 19.5 Å². The van der Waals surface area contributed by atoms with Crippen LogP contribution in [0.25, 0.3) is 11.4 Å². The number of amides is 2. The summed E-state index contributed by atoms with van der Waals surface area (Å²) >= 11 is 0. The molecule has 3 radical (unpaired) electrons. The standard InChI is InChI=1S/C25H26N2O5.C25H24N2O5.CH4O.B.Na.H/c2*1-30-21-15-22(31-2)18(14-17(21)16-28)24(29)26-12-9-25(10-13-26)23-8-5-11-27(23)19-6-3-4-7-20(19)32-25;1-2;;;/h3-8,11,14-15,28H,9-10,12-13,16H2,1-2H3;3-8,11,14-16H,9-10,12-13H2,1-2H3;2H,1H3;;;/q;;;;+1;-1. The van der Waals surface area contributed by atoms with E-state index in [2.05, 4.69) is 39.7 Å². The Bertz CT molecular complexity index is 2750. The van der Waals surface area contributed by atoms with Gasteiger partial charge in [-0.3, -0.25) is 14.4 Å². The summed E-state index contributed by atoms with van der Waals surface area (Å²) in [5, 5.41) is 16.7. The molecule has 6 heterocycles. The molecule has 17 heteroatoms. The van der Waals surface area contributed by atoms with Gasteiger partial charge in [0.1, 0.15) is 34.5 Å². The van der Waals surface area contributed by atoms with Gasteiger partial charge in [-0.15, -0.1) is 0 Å². The number of nitrogens with zero attached hydrogens (tertiary/aromatic N) is 4. The van der Waals surface area contributed by atoms with Crippen LogP contribution in [0, 0.1) is 0 Å². The average Bonchev–Trinajstić information content (AvgIpc) is 4.10. The van der Waals surface area contributed by atoms with Crippen LogP contribution in [0.4, 0.5) is 0 Å². The molecule has 0 unspecified atom stereocenters. The Labute approximate surface area is 421 Å². The molecule has 2 spiro atoms. The molecule has 10 rings (SSSR count). The maximum absolute atomic E-state index is 13.4.